The Morgan fingerprint density at radius 3 is 2.54 bits per heavy atom. The maximum absolute atomic E-state index is 14.0. The Balaban J connectivity index is 1.70. The molecule has 1 fully saturated rings. The van der Waals surface area contributed by atoms with Crippen LogP contribution < -0.4 is 4.74 Å². The molecule has 1 heterocycles. The second kappa shape index (κ2) is 9.50. The molecule has 1 saturated heterocycles. The minimum atomic E-state index is -0.145. The molecule has 28 heavy (non-hydrogen) atoms. The van der Waals surface area contributed by atoms with Crippen LogP contribution in [0.2, 0.25) is 0 Å². The van der Waals surface area contributed by atoms with Gasteiger partial charge in [0.1, 0.15) is 11.6 Å². The first-order valence-electron chi connectivity index (χ1n) is 9.97. The van der Waals surface area contributed by atoms with E-state index in [9.17, 15) is 9.50 Å². The number of nitrogens with zero attached hydrogens (tertiary/aromatic N) is 2. The average molecular weight is 387 g/mol. The lowest BCUT2D eigenvalue weighted by Gasteiger charge is -2.41. The lowest BCUT2D eigenvalue weighted by atomic mass is 10.00. The van der Waals surface area contributed by atoms with E-state index < -0.39 is 0 Å². The summed E-state index contributed by atoms with van der Waals surface area (Å²) in [6.07, 6.45) is 0.724. The highest BCUT2D eigenvalue weighted by atomic mass is 19.1. The molecule has 0 aliphatic carbocycles. The van der Waals surface area contributed by atoms with Crippen molar-refractivity contribution in [1.82, 2.24) is 9.80 Å². The molecule has 0 spiro atoms. The summed E-state index contributed by atoms with van der Waals surface area (Å²) < 4.78 is 19.4. The summed E-state index contributed by atoms with van der Waals surface area (Å²) in [4.78, 5) is 4.74. The zero-order chi connectivity index (χ0) is 20.1. The van der Waals surface area contributed by atoms with Gasteiger partial charge in [0.05, 0.1) is 7.11 Å². The SMILES string of the molecule is COc1ccc(CN2CCN(Cc3ccccc3F)C[C@H]2CCO)c(C)c1C. The third kappa shape index (κ3) is 4.72. The van der Waals surface area contributed by atoms with Crippen LogP contribution in [0.4, 0.5) is 4.39 Å². The number of piperazine rings is 1. The maximum atomic E-state index is 14.0. The maximum Gasteiger partial charge on any atom is 0.127 e. The Kier molecular flexibility index (Phi) is 7.05. The fourth-order valence-electron chi connectivity index (χ4n) is 4.06. The number of rotatable bonds is 7. The first-order chi connectivity index (χ1) is 13.5. The Bertz CT molecular complexity index is 796. The molecule has 0 saturated carbocycles. The molecule has 5 heteroatoms. The van der Waals surface area contributed by atoms with E-state index in [0.717, 1.165) is 43.9 Å². The molecule has 2 aromatic rings. The van der Waals surface area contributed by atoms with Crippen LogP contribution in [-0.4, -0.2) is 54.3 Å². The van der Waals surface area contributed by atoms with Gasteiger partial charge in [-0.1, -0.05) is 24.3 Å². The molecule has 2 aromatic carbocycles. The van der Waals surface area contributed by atoms with Crippen LogP contribution >= 0.6 is 0 Å². The van der Waals surface area contributed by atoms with Crippen molar-refractivity contribution in [3.63, 3.8) is 0 Å². The Morgan fingerprint density at radius 2 is 1.82 bits per heavy atom. The molecule has 0 bridgehead atoms. The van der Waals surface area contributed by atoms with Crippen LogP contribution in [0.25, 0.3) is 0 Å². The molecular formula is C23H31FN2O2. The minimum Gasteiger partial charge on any atom is -0.496 e. The van der Waals surface area contributed by atoms with Crippen LogP contribution in [-0.2, 0) is 13.1 Å². The highest BCUT2D eigenvalue weighted by Crippen LogP contribution is 2.26. The molecule has 0 unspecified atom stereocenters. The third-order valence-corrected chi connectivity index (χ3v) is 5.95. The lowest BCUT2D eigenvalue weighted by molar-refractivity contribution is 0.0493. The van der Waals surface area contributed by atoms with E-state index in [1.165, 1.54) is 22.8 Å². The van der Waals surface area contributed by atoms with E-state index in [-0.39, 0.29) is 18.5 Å². The number of ether oxygens (including phenoxy) is 1. The summed E-state index contributed by atoms with van der Waals surface area (Å²) in [6, 6.07) is 11.4. The third-order valence-electron chi connectivity index (χ3n) is 5.95. The van der Waals surface area contributed by atoms with Gasteiger partial charge in [0, 0.05) is 50.9 Å². The Hall–Kier alpha value is -1.95. The predicted octanol–water partition coefficient (Wildman–Crippen LogP) is 3.52. The van der Waals surface area contributed by atoms with Crippen LogP contribution in [0.1, 0.15) is 28.7 Å². The molecule has 152 valence electrons. The first kappa shape index (κ1) is 20.8. The standard InChI is InChI=1S/C23H31FN2O2/c1-17-18(2)23(28-3)9-8-19(17)15-26-12-11-25(16-21(26)10-13-27)14-20-6-4-5-7-22(20)24/h4-9,21,27H,10-16H2,1-3H3/t21-/m1/s1. The summed E-state index contributed by atoms with van der Waals surface area (Å²) >= 11 is 0. The fourth-order valence-corrected chi connectivity index (χ4v) is 4.06. The van der Waals surface area contributed by atoms with E-state index in [2.05, 4.69) is 29.7 Å². The van der Waals surface area contributed by atoms with Crippen LogP contribution in [0.15, 0.2) is 36.4 Å². The van der Waals surface area contributed by atoms with Gasteiger partial charge in [-0.2, -0.15) is 0 Å². The molecule has 3 rings (SSSR count). The number of aliphatic hydroxyl groups excluding tert-OH is 1. The van der Waals surface area contributed by atoms with Crippen molar-refractivity contribution >= 4 is 0 Å². The number of hydrogen-bond acceptors (Lipinski definition) is 4. The molecule has 1 aliphatic rings. The highest BCUT2D eigenvalue weighted by molar-refractivity contribution is 5.43. The molecular weight excluding hydrogens is 355 g/mol. The lowest BCUT2D eigenvalue weighted by Crippen LogP contribution is -2.52. The van der Waals surface area contributed by atoms with Gasteiger partial charge in [-0.25, -0.2) is 4.39 Å². The molecule has 0 radical (unpaired) electrons. The predicted molar refractivity (Wildman–Crippen MR) is 110 cm³/mol. The van der Waals surface area contributed by atoms with E-state index >= 15 is 0 Å². The van der Waals surface area contributed by atoms with Crippen LogP contribution in [0, 0.1) is 19.7 Å². The Morgan fingerprint density at radius 1 is 1.04 bits per heavy atom. The van der Waals surface area contributed by atoms with E-state index in [0.29, 0.717) is 6.54 Å². The van der Waals surface area contributed by atoms with Gasteiger partial charge in [-0.15, -0.1) is 0 Å². The minimum absolute atomic E-state index is 0.145. The fraction of sp³-hybridized carbons (Fsp3) is 0.478. The second-order valence-electron chi connectivity index (χ2n) is 7.64. The second-order valence-corrected chi connectivity index (χ2v) is 7.64. The first-order valence-corrected chi connectivity index (χ1v) is 9.97. The summed E-state index contributed by atoms with van der Waals surface area (Å²) in [6.45, 7) is 8.50. The summed E-state index contributed by atoms with van der Waals surface area (Å²) in [5.74, 6) is 0.774. The van der Waals surface area contributed by atoms with Gasteiger partial charge in [0.25, 0.3) is 0 Å². The summed E-state index contributed by atoms with van der Waals surface area (Å²) in [5.41, 5.74) is 4.47. The molecule has 1 aliphatic heterocycles. The van der Waals surface area contributed by atoms with Gasteiger partial charge in [-0.3, -0.25) is 9.80 Å². The number of benzene rings is 2. The van der Waals surface area contributed by atoms with Gasteiger partial charge in [0.2, 0.25) is 0 Å². The van der Waals surface area contributed by atoms with E-state index in [4.69, 9.17) is 4.74 Å². The molecule has 1 N–H and O–H groups in total. The van der Waals surface area contributed by atoms with Crippen molar-refractivity contribution in [3.8, 4) is 5.75 Å². The van der Waals surface area contributed by atoms with Crippen molar-refractivity contribution in [1.29, 1.82) is 0 Å². The highest BCUT2D eigenvalue weighted by Gasteiger charge is 2.27. The van der Waals surface area contributed by atoms with Gasteiger partial charge < -0.3 is 9.84 Å². The zero-order valence-electron chi connectivity index (χ0n) is 17.1. The molecule has 1 atom stereocenters. The van der Waals surface area contributed by atoms with Crippen molar-refractivity contribution in [3.05, 3.63) is 64.5 Å². The van der Waals surface area contributed by atoms with Gasteiger partial charge in [0.15, 0.2) is 0 Å². The van der Waals surface area contributed by atoms with Crippen molar-refractivity contribution in [2.75, 3.05) is 33.4 Å². The largest absolute Gasteiger partial charge is 0.496 e. The molecule has 0 aromatic heterocycles. The molecule has 4 nitrogen and oxygen atoms in total. The monoisotopic (exact) mass is 386 g/mol. The molecule has 0 amide bonds. The van der Waals surface area contributed by atoms with Crippen LogP contribution in [0.3, 0.4) is 0 Å². The number of methoxy groups -OCH3 is 1. The zero-order valence-corrected chi connectivity index (χ0v) is 17.1. The van der Waals surface area contributed by atoms with Crippen molar-refractivity contribution in [2.24, 2.45) is 0 Å². The van der Waals surface area contributed by atoms with Crippen LogP contribution in [0.5, 0.6) is 5.75 Å². The topological polar surface area (TPSA) is 35.9 Å². The number of halogens is 1. The van der Waals surface area contributed by atoms with Gasteiger partial charge >= 0.3 is 0 Å². The van der Waals surface area contributed by atoms with E-state index in [1.54, 1.807) is 13.2 Å². The average Bonchev–Trinajstić information content (AvgIpc) is 2.69. The normalized spacial score (nSPS) is 18.4. The summed E-state index contributed by atoms with van der Waals surface area (Å²) in [5, 5.41) is 9.57. The number of hydrogen-bond donors (Lipinski definition) is 1. The van der Waals surface area contributed by atoms with Gasteiger partial charge in [-0.05, 0) is 49.1 Å². The quantitative estimate of drug-likeness (QED) is 0.790. The number of aliphatic hydroxyl groups is 1. The van der Waals surface area contributed by atoms with Crippen molar-refractivity contribution in [2.45, 2.75) is 39.4 Å². The van der Waals surface area contributed by atoms with Crippen molar-refractivity contribution < 1.29 is 14.2 Å². The van der Waals surface area contributed by atoms with E-state index in [1.807, 2.05) is 18.2 Å². The smallest absolute Gasteiger partial charge is 0.127 e. The summed E-state index contributed by atoms with van der Waals surface area (Å²) in [7, 11) is 1.70. The Labute approximate surface area is 167 Å².